The van der Waals surface area contributed by atoms with E-state index in [1.54, 1.807) is 6.20 Å². The van der Waals surface area contributed by atoms with E-state index < -0.39 is 0 Å². The van der Waals surface area contributed by atoms with Crippen molar-refractivity contribution in [3.63, 3.8) is 0 Å². The van der Waals surface area contributed by atoms with Crippen LogP contribution in [0.4, 0.5) is 17.1 Å². The molecule has 0 saturated heterocycles. The molecule has 0 fully saturated rings. The molecule has 0 aliphatic carbocycles. The number of benzene rings is 2. The van der Waals surface area contributed by atoms with Crippen LogP contribution in [0.15, 0.2) is 54.7 Å². The summed E-state index contributed by atoms with van der Waals surface area (Å²) in [5.74, 6) is 0. The maximum absolute atomic E-state index is 5.78. The number of aromatic nitrogens is 1. The Labute approximate surface area is 112 Å². The Morgan fingerprint density at radius 2 is 1.79 bits per heavy atom. The van der Waals surface area contributed by atoms with Gasteiger partial charge in [0.25, 0.3) is 0 Å². The van der Waals surface area contributed by atoms with Gasteiger partial charge < -0.3 is 11.1 Å². The molecule has 19 heavy (non-hydrogen) atoms. The first-order valence-corrected chi connectivity index (χ1v) is 6.20. The molecular weight excluding hydrogens is 234 g/mol. The minimum Gasteiger partial charge on any atom is -0.399 e. The second kappa shape index (κ2) is 4.61. The van der Waals surface area contributed by atoms with Crippen LogP contribution in [0.1, 0.15) is 5.56 Å². The van der Waals surface area contributed by atoms with Crippen LogP contribution < -0.4 is 11.1 Å². The van der Waals surface area contributed by atoms with Gasteiger partial charge in [-0.15, -0.1) is 0 Å². The van der Waals surface area contributed by atoms with Crippen molar-refractivity contribution in [1.82, 2.24) is 4.98 Å². The van der Waals surface area contributed by atoms with Gasteiger partial charge in [-0.2, -0.15) is 0 Å². The Balaban J connectivity index is 2.03. The van der Waals surface area contributed by atoms with Crippen LogP contribution in [0.25, 0.3) is 10.9 Å². The first kappa shape index (κ1) is 11.5. The highest BCUT2D eigenvalue weighted by Crippen LogP contribution is 2.26. The highest BCUT2D eigenvalue weighted by molar-refractivity contribution is 5.94. The quantitative estimate of drug-likeness (QED) is 0.678. The molecule has 0 amide bonds. The van der Waals surface area contributed by atoms with Gasteiger partial charge in [0.1, 0.15) is 0 Å². The number of hydrogen-bond acceptors (Lipinski definition) is 3. The zero-order valence-electron chi connectivity index (χ0n) is 10.7. The molecule has 3 N–H and O–H groups in total. The number of hydrogen-bond donors (Lipinski definition) is 2. The minimum absolute atomic E-state index is 0.729. The fraction of sp³-hybridized carbons (Fsp3) is 0.0625. The molecule has 0 aliphatic rings. The lowest BCUT2D eigenvalue weighted by Crippen LogP contribution is -1.93. The number of nitrogen functional groups attached to an aromatic ring is 1. The molecule has 94 valence electrons. The normalized spacial score (nSPS) is 10.6. The Bertz CT molecular complexity index is 718. The summed E-state index contributed by atoms with van der Waals surface area (Å²) in [5, 5.41) is 4.48. The average Bonchev–Trinajstić information content (AvgIpc) is 2.41. The van der Waals surface area contributed by atoms with Crippen molar-refractivity contribution in [3.05, 3.63) is 60.3 Å². The molecule has 0 aliphatic heterocycles. The zero-order valence-corrected chi connectivity index (χ0v) is 10.7. The molecular formula is C16H15N3. The van der Waals surface area contributed by atoms with Gasteiger partial charge in [-0.05, 0) is 43.3 Å². The summed E-state index contributed by atoms with van der Waals surface area (Å²) in [4.78, 5) is 4.34. The molecule has 1 aromatic heterocycles. The van der Waals surface area contributed by atoms with Crippen molar-refractivity contribution < 1.29 is 0 Å². The predicted octanol–water partition coefficient (Wildman–Crippen LogP) is 3.87. The summed E-state index contributed by atoms with van der Waals surface area (Å²) < 4.78 is 0. The first-order valence-electron chi connectivity index (χ1n) is 6.20. The van der Waals surface area contributed by atoms with E-state index in [-0.39, 0.29) is 0 Å². The van der Waals surface area contributed by atoms with Gasteiger partial charge in [-0.1, -0.05) is 17.7 Å². The lowest BCUT2D eigenvalue weighted by molar-refractivity contribution is 1.40. The SMILES string of the molecule is Cc1ccc(Nc2ccnc3cc(N)ccc23)cc1. The molecule has 2 aromatic carbocycles. The third kappa shape index (κ3) is 2.36. The standard InChI is InChI=1S/C16H15N3/c1-11-2-5-13(6-3-11)19-15-8-9-18-16-10-12(17)4-7-14(15)16/h2-10H,17H2,1H3,(H,18,19). The van der Waals surface area contributed by atoms with Crippen LogP contribution in [0.5, 0.6) is 0 Å². The van der Waals surface area contributed by atoms with E-state index in [2.05, 4.69) is 41.5 Å². The summed E-state index contributed by atoms with van der Waals surface area (Å²) in [6.07, 6.45) is 1.79. The summed E-state index contributed by atoms with van der Waals surface area (Å²) in [5.41, 5.74) is 10.8. The molecule has 3 aromatic rings. The van der Waals surface area contributed by atoms with E-state index in [9.17, 15) is 0 Å². The summed E-state index contributed by atoms with van der Waals surface area (Å²) >= 11 is 0. The fourth-order valence-corrected chi connectivity index (χ4v) is 2.07. The largest absolute Gasteiger partial charge is 0.399 e. The van der Waals surface area contributed by atoms with Gasteiger partial charge >= 0.3 is 0 Å². The number of nitrogens with zero attached hydrogens (tertiary/aromatic N) is 1. The third-order valence-electron chi connectivity index (χ3n) is 3.10. The van der Waals surface area contributed by atoms with Crippen LogP contribution in [0.3, 0.4) is 0 Å². The van der Waals surface area contributed by atoms with E-state index in [0.717, 1.165) is 28.0 Å². The van der Waals surface area contributed by atoms with Crippen LogP contribution in [-0.2, 0) is 0 Å². The van der Waals surface area contributed by atoms with Gasteiger partial charge in [0.2, 0.25) is 0 Å². The molecule has 3 heteroatoms. The van der Waals surface area contributed by atoms with Gasteiger partial charge in [-0.3, -0.25) is 4.98 Å². The topological polar surface area (TPSA) is 50.9 Å². The van der Waals surface area contributed by atoms with Crippen molar-refractivity contribution in [1.29, 1.82) is 0 Å². The van der Waals surface area contributed by atoms with Crippen molar-refractivity contribution in [2.45, 2.75) is 6.92 Å². The lowest BCUT2D eigenvalue weighted by atomic mass is 10.1. The maximum atomic E-state index is 5.78. The molecule has 1 heterocycles. The third-order valence-corrected chi connectivity index (χ3v) is 3.10. The average molecular weight is 249 g/mol. The zero-order chi connectivity index (χ0) is 13.2. The van der Waals surface area contributed by atoms with E-state index in [0.29, 0.717) is 0 Å². The fourth-order valence-electron chi connectivity index (χ4n) is 2.07. The van der Waals surface area contributed by atoms with Crippen LogP contribution in [0, 0.1) is 6.92 Å². The van der Waals surface area contributed by atoms with Crippen molar-refractivity contribution in [3.8, 4) is 0 Å². The Kier molecular flexibility index (Phi) is 2.80. The Morgan fingerprint density at radius 3 is 2.58 bits per heavy atom. The number of nitrogens with one attached hydrogen (secondary N) is 1. The molecule has 3 rings (SSSR count). The highest BCUT2D eigenvalue weighted by Gasteiger charge is 2.02. The van der Waals surface area contributed by atoms with E-state index in [1.165, 1.54) is 5.56 Å². The number of nitrogens with two attached hydrogens (primary N) is 1. The first-order chi connectivity index (χ1) is 9.22. The number of fused-ring (bicyclic) bond motifs is 1. The minimum atomic E-state index is 0.729. The van der Waals surface area contributed by atoms with Crippen molar-refractivity contribution in [2.75, 3.05) is 11.1 Å². The molecule has 0 saturated carbocycles. The second-order valence-corrected chi connectivity index (χ2v) is 4.63. The molecule has 0 bridgehead atoms. The monoisotopic (exact) mass is 249 g/mol. The number of aryl methyl sites for hydroxylation is 1. The number of rotatable bonds is 2. The molecule has 0 atom stereocenters. The molecule has 0 spiro atoms. The maximum Gasteiger partial charge on any atom is 0.0743 e. The van der Waals surface area contributed by atoms with Crippen LogP contribution in [-0.4, -0.2) is 4.98 Å². The van der Waals surface area contributed by atoms with Gasteiger partial charge in [0, 0.05) is 28.6 Å². The number of pyridine rings is 1. The van der Waals surface area contributed by atoms with Gasteiger partial charge in [0.15, 0.2) is 0 Å². The smallest absolute Gasteiger partial charge is 0.0743 e. The number of anilines is 3. The lowest BCUT2D eigenvalue weighted by Gasteiger charge is -2.10. The highest BCUT2D eigenvalue weighted by atomic mass is 14.9. The molecule has 0 radical (unpaired) electrons. The second-order valence-electron chi connectivity index (χ2n) is 4.63. The van der Waals surface area contributed by atoms with Crippen LogP contribution in [0.2, 0.25) is 0 Å². The van der Waals surface area contributed by atoms with Crippen molar-refractivity contribution in [2.24, 2.45) is 0 Å². The summed E-state index contributed by atoms with van der Waals surface area (Å²) in [6.45, 7) is 2.08. The molecule has 3 nitrogen and oxygen atoms in total. The summed E-state index contributed by atoms with van der Waals surface area (Å²) in [6, 6.07) is 16.1. The Morgan fingerprint density at radius 1 is 1.00 bits per heavy atom. The molecule has 0 unspecified atom stereocenters. The van der Waals surface area contributed by atoms with E-state index in [1.807, 2.05) is 24.3 Å². The van der Waals surface area contributed by atoms with E-state index in [4.69, 9.17) is 5.73 Å². The van der Waals surface area contributed by atoms with Gasteiger partial charge in [0.05, 0.1) is 5.52 Å². The predicted molar refractivity (Wildman–Crippen MR) is 80.6 cm³/mol. The van der Waals surface area contributed by atoms with Crippen LogP contribution >= 0.6 is 0 Å². The Hall–Kier alpha value is -2.55. The van der Waals surface area contributed by atoms with Gasteiger partial charge in [-0.25, -0.2) is 0 Å². The van der Waals surface area contributed by atoms with E-state index >= 15 is 0 Å². The summed E-state index contributed by atoms with van der Waals surface area (Å²) in [7, 11) is 0. The van der Waals surface area contributed by atoms with Crippen molar-refractivity contribution >= 4 is 28.0 Å².